The summed E-state index contributed by atoms with van der Waals surface area (Å²) >= 11 is 0. The van der Waals surface area contributed by atoms with E-state index in [0.717, 1.165) is 45.1 Å². The van der Waals surface area contributed by atoms with Gasteiger partial charge in [-0.1, -0.05) is 6.42 Å². The van der Waals surface area contributed by atoms with Crippen molar-refractivity contribution in [1.29, 1.82) is 0 Å². The Morgan fingerprint density at radius 1 is 1.19 bits per heavy atom. The summed E-state index contributed by atoms with van der Waals surface area (Å²) in [6.07, 6.45) is 7.20. The second-order valence-electron chi connectivity index (χ2n) is 6.17. The van der Waals surface area contributed by atoms with Gasteiger partial charge in [-0.25, -0.2) is 0 Å². The van der Waals surface area contributed by atoms with Crippen molar-refractivity contribution in [3.63, 3.8) is 0 Å². The van der Waals surface area contributed by atoms with Crippen LogP contribution in [0, 0.1) is 5.92 Å². The van der Waals surface area contributed by atoms with Crippen LogP contribution in [0.2, 0.25) is 0 Å². The molecule has 1 amide bonds. The minimum atomic E-state index is -0.279. The Morgan fingerprint density at radius 2 is 2.05 bits per heavy atom. The third-order valence-corrected chi connectivity index (χ3v) is 4.87. The number of carbonyl (C=O) groups is 1. The van der Waals surface area contributed by atoms with Crippen LogP contribution in [-0.2, 0) is 0 Å². The molecule has 0 bridgehead atoms. The summed E-state index contributed by atoms with van der Waals surface area (Å²) in [6.45, 7) is 0.742. The molecule has 2 heterocycles. The zero-order chi connectivity index (χ0) is 14.8. The lowest BCUT2D eigenvalue weighted by atomic mass is 9.87. The summed E-state index contributed by atoms with van der Waals surface area (Å²) in [6, 6.07) is 3.10. The Kier molecular flexibility index (Phi) is 4.10. The standard InChI is InChI=1S/C16H22N2O3/c19-14-6-3-4-12(14)13-5-1-2-9-18(13)16(21)11-7-8-15(20)17-10-11/h7-8,10,12-14,19H,1-6,9H2,(H,17,20). The van der Waals surface area contributed by atoms with Crippen molar-refractivity contribution in [2.75, 3.05) is 6.54 Å². The fourth-order valence-corrected chi connectivity index (χ4v) is 3.78. The van der Waals surface area contributed by atoms with Gasteiger partial charge in [-0.05, 0) is 38.2 Å². The molecule has 3 rings (SSSR count). The lowest BCUT2D eigenvalue weighted by Gasteiger charge is -2.40. The number of pyridine rings is 1. The van der Waals surface area contributed by atoms with Crippen LogP contribution in [0.4, 0.5) is 0 Å². The van der Waals surface area contributed by atoms with E-state index in [1.807, 2.05) is 4.90 Å². The summed E-state index contributed by atoms with van der Waals surface area (Å²) in [5.74, 6) is 0.173. The second-order valence-corrected chi connectivity index (χ2v) is 6.17. The van der Waals surface area contributed by atoms with Crippen LogP contribution in [0.5, 0.6) is 0 Å². The van der Waals surface area contributed by atoms with Gasteiger partial charge in [-0.3, -0.25) is 9.59 Å². The molecule has 3 unspecified atom stereocenters. The number of hydrogen-bond acceptors (Lipinski definition) is 3. The Bertz CT molecular complexity index is 548. The predicted molar refractivity (Wildman–Crippen MR) is 79.1 cm³/mol. The maximum absolute atomic E-state index is 12.7. The number of rotatable bonds is 2. The monoisotopic (exact) mass is 290 g/mol. The smallest absolute Gasteiger partial charge is 0.255 e. The highest BCUT2D eigenvalue weighted by Gasteiger charge is 2.38. The van der Waals surface area contributed by atoms with Gasteiger partial charge >= 0.3 is 0 Å². The number of aliphatic hydroxyl groups is 1. The predicted octanol–water partition coefficient (Wildman–Crippen LogP) is 1.53. The number of nitrogens with zero attached hydrogens (tertiary/aromatic N) is 1. The minimum Gasteiger partial charge on any atom is -0.393 e. The van der Waals surface area contributed by atoms with E-state index >= 15 is 0 Å². The number of amides is 1. The summed E-state index contributed by atoms with van der Waals surface area (Å²) in [5.41, 5.74) is 0.321. The molecule has 2 N–H and O–H groups in total. The van der Waals surface area contributed by atoms with E-state index in [1.54, 1.807) is 6.07 Å². The summed E-state index contributed by atoms with van der Waals surface area (Å²) in [4.78, 5) is 28.3. The SMILES string of the molecule is O=C(c1ccc(=O)[nH]c1)N1CCCCC1C1CCCC1O. The van der Waals surface area contributed by atoms with Crippen molar-refractivity contribution in [1.82, 2.24) is 9.88 Å². The highest BCUT2D eigenvalue weighted by molar-refractivity contribution is 5.94. The van der Waals surface area contributed by atoms with E-state index < -0.39 is 0 Å². The molecular formula is C16H22N2O3. The number of piperidine rings is 1. The molecule has 0 aromatic carbocycles. The number of aromatic nitrogens is 1. The van der Waals surface area contributed by atoms with Gasteiger partial charge in [0.1, 0.15) is 0 Å². The van der Waals surface area contributed by atoms with Gasteiger partial charge in [-0.2, -0.15) is 0 Å². The highest BCUT2D eigenvalue weighted by atomic mass is 16.3. The number of aromatic amines is 1. The van der Waals surface area contributed by atoms with Crippen molar-refractivity contribution in [2.24, 2.45) is 5.92 Å². The molecule has 1 aromatic heterocycles. The maximum Gasteiger partial charge on any atom is 0.255 e. The van der Waals surface area contributed by atoms with E-state index in [2.05, 4.69) is 4.98 Å². The Hall–Kier alpha value is -1.62. The molecule has 2 aliphatic rings. The first-order valence-corrected chi connectivity index (χ1v) is 7.84. The number of H-pyrrole nitrogens is 1. The topological polar surface area (TPSA) is 73.4 Å². The molecule has 2 fully saturated rings. The van der Waals surface area contributed by atoms with Crippen molar-refractivity contribution >= 4 is 5.91 Å². The third kappa shape index (κ3) is 2.88. The maximum atomic E-state index is 12.7. The summed E-state index contributed by atoms with van der Waals surface area (Å²) in [7, 11) is 0. The number of hydrogen-bond donors (Lipinski definition) is 2. The van der Waals surface area contributed by atoms with Gasteiger partial charge < -0.3 is 15.0 Å². The van der Waals surface area contributed by atoms with Crippen LogP contribution in [0.3, 0.4) is 0 Å². The van der Waals surface area contributed by atoms with Crippen LogP contribution in [0.25, 0.3) is 0 Å². The Labute approximate surface area is 124 Å². The molecule has 1 saturated carbocycles. The zero-order valence-electron chi connectivity index (χ0n) is 12.1. The first-order chi connectivity index (χ1) is 10.2. The molecule has 0 spiro atoms. The molecule has 1 aromatic rings. The number of aliphatic hydroxyl groups excluding tert-OH is 1. The molecule has 21 heavy (non-hydrogen) atoms. The lowest BCUT2D eigenvalue weighted by molar-refractivity contribution is 0.0287. The lowest BCUT2D eigenvalue weighted by Crippen LogP contribution is -2.49. The summed E-state index contributed by atoms with van der Waals surface area (Å²) in [5, 5.41) is 10.2. The van der Waals surface area contributed by atoms with Crippen molar-refractivity contribution in [2.45, 2.75) is 50.7 Å². The molecule has 1 saturated heterocycles. The van der Waals surface area contributed by atoms with Gasteiger partial charge in [0.15, 0.2) is 0 Å². The van der Waals surface area contributed by atoms with E-state index in [9.17, 15) is 14.7 Å². The molecule has 3 atom stereocenters. The first-order valence-electron chi connectivity index (χ1n) is 7.84. The normalized spacial score (nSPS) is 29.6. The molecule has 1 aliphatic heterocycles. The van der Waals surface area contributed by atoms with Crippen LogP contribution in [-0.4, -0.2) is 39.6 Å². The molecule has 5 heteroatoms. The van der Waals surface area contributed by atoms with Crippen LogP contribution in [0.1, 0.15) is 48.9 Å². The fraction of sp³-hybridized carbons (Fsp3) is 0.625. The minimum absolute atomic E-state index is 0.0324. The van der Waals surface area contributed by atoms with Gasteiger partial charge in [-0.15, -0.1) is 0 Å². The largest absolute Gasteiger partial charge is 0.393 e. The van der Waals surface area contributed by atoms with Gasteiger partial charge in [0.2, 0.25) is 5.56 Å². The van der Waals surface area contributed by atoms with E-state index in [1.165, 1.54) is 12.3 Å². The highest BCUT2D eigenvalue weighted by Crippen LogP contribution is 2.35. The van der Waals surface area contributed by atoms with Crippen LogP contribution < -0.4 is 5.56 Å². The quantitative estimate of drug-likeness (QED) is 0.867. The summed E-state index contributed by atoms with van der Waals surface area (Å²) < 4.78 is 0. The van der Waals surface area contributed by atoms with Crippen molar-refractivity contribution < 1.29 is 9.90 Å². The van der Waals surface area contributed by atoms with Crippen molar-refractivity contribution in [3.05, 3.63) is 34.2 Å². The number of nitrogens with one attached hydrogen (secondary N) is 1. The Morgan fingerprint density at radius 3 is 2.71 bits per heavy atom. The molecule has 0 radical (unpaired) electrons. The van der Waals surface area contributed by atoms with E-state index in [4.69, 9.17) is 0 Å². The van der Waals surface area contributed by atoms with Crippen LogP contribution in [0.15, 0.2) is 23.1 Å². The molecular weight excluding hydrogens is 268 g/mol. The average Bonchev–Trinajstić information content (AvgIpc) is 2.93. The van der Waals surface area contributed by atoms with E-state index in [-0.39, 0.29) is 29.5 Å². The van der Waals surface area contributed by atoms with Crippen LogP contribution >= 0.6 is 0 Å². The van der Waals surface area contributed by atoms with Gasteiger partial charge in [0, 0.05) is 30.8 Å². The van der Waals surface area contributed by atoms with Gasteiger partial charge in [0.05, 0.1) is 11.7 Å². The number of likely N-dealkylation sites (tertiary alicyclic amines) is 1. The third-order valence-electron chi connectivity index (χ3n) is 4.87. The molecule has 5 nitrogen and oxygen atoms in total. The fourth-order valence-electron chi connectivity index (χ4n) is 3.78. The van der Waals surface area contributed by atoms with E-state index in [0.29, 0.717) is 5.56 Å². The molecule has 1 aliphatic carbocycles. The second kappa shape index (κ2) is 6.02. The average molecular weight is 290 g/mol. The van der Waals surface area contributed by atoms with Crippen molar-refractivity contribution in [3.8, 4) is 0 Å². The molecule has 114 valence electrons. The Balaban J connectivity index is 1.81. The zero-order valence-corrected chi connectivity index (χ0v) is 12.1. The first kappa shape index (κ1) is 14.3. The number of carbonyl (C=O) groups excluding carboxylic acids is 1. The van der Waals surface area contributed by atoms with Gasteiger partial charge in [0.25, 0.3) is 5.91 Å².